The monoisotopic (exact) mass is 310 g/mol. The molecule has 0 aliphatic heterocycles. The Morgan fingerprint density at radius 3 is 2.52 bits per heavy atom. The van der Waals surface area contributed by atoms with Gasteiger partial charge in [-0.3, -0.25) is 4.79 Å². The van der Waals surface area contributed by atoms with Crippen molar-refractivity contribution in [2.24, 2.45) is 0 Å². The zero-order valence-electron chi connectivity index (χ0n) is 13.1. The van der Waals surface area contributed by atoms with Crippen LogP contribution < -0.4 is 5.32 Å². The molecule has 0 unspecified atom stereocenters. The lowest BCUT2D eigenvalue weighted by molar-refractivity contribution is 0.0252. The number of pyridine rings is 1. The number of likely N-dealkylation sites (N-methyl/N-ethyl adjacent to an activating group) is 2. The van der Waals surface area contributed by atoms with Gasteiger partial charge >= 0.3 is 0 Å². The van der Waals surface area contributed by atoms with E-state index in [2.05, 4.69) is 29.3 Å². The topological polar surface area (TPSA) is 48.5 Å². The predicted octanol–water partition coefficient (Wildman–Crippen LogP) is 2.33. The molecule has 5 nitrogen and oxygen atoms in total. The minimum Gasteiger partial charge on any atom is -0.372 e. The summed E-state index contributed by atoms with van der Waals surface area (Å²) < 4.78 is 0. The molecule has 1 fully saturated rings. The van der Waals surface area contributed by atoms with Crippen LogP contribution in [0.5, 0.6) is 0 Å². The fraction of sp³-hybridized carbons (Fsp3) is 0.600. The summed E-state index contributed by atoms with van der Waals surface area (Å²) in [5.41, 5.74) is 0.641. The minimum atomic E-state index is -0.0415. The average molecular weight is 311 g/mol. The number of rotatable bonds is 5. The van der Waals surface area contributed by atoms with Crippen molar-refractivity contribution >= 4 is 23.3 Å². The molecule has 0 spiro atoms. The van der Waals surface area contributed by atoms with Gasteiger partial charge in [0.2, 0.25) is 0 Å². The Morgan fingerprint density at radius 2 is 2.10 bits per heavy atom. The number of nitrogens with zero attached hydrogens (tertiary/aromatic N) is 3. The Balaban J connectivity index is 2.10. The molecule has 1 heterocycles. The Bertz CT molecular complexity index is 528. The van der Waals surface area contributed by atoms with E-state index in [1.165, 1.54) is 6.42 Å². The van der Waals surface area contributed by atoms with Crippen LogP contribution in [0.1, 0.15) is 29.6 Å². The van der Waals surface area contributed by atoms with Crippen LogP contribution in [0, 0.1) is 0 Å². The number of carbonyl (C=O) groups excluding carboxylic acids is 1. The lowest BCUT2D eigenvalue weighted by Crippen LogP contribution is -2.57. The highest BCUT2D eigenvalue weighted by Gasteiger charge is 2.40. The van der Waals surface area contributed by atoms with Crippen LogP contribution in [0.2, 0.25) is 5.02 Å². The van der Waals surface area contributed by atoms with Crippen molar-refractivity contribution in [2.45, 2.75) is 24.8 Å². The lowest BCUT2D eigenvalue weighted by Gasteiger charge is -2.49. The van der Waals surface area contributed by atoms with E-state index in [1.807, 2.05) is 7.05 Å². The first kappa shape index (κ1) is 16.0. The van der Waals surface area contributed by atoms with E-state index in [-0.39, 0.29) is 11.4 Å². The number of amides is 1. The van der Waals surface area contributed by atoms with Gasteiger partial charge in [-0.25, -0.2) is 4.98 Å². The second-order valence-electron chi connectivity index (χ2n) is 5.94. The van der Waals surface area contributed by atoms with E-state index in [0.717, 1.165) is 19.4 Å². The van der Waals surface area contributed by atoms with Crippen LogP contribution in [0.4, 0.5) is 5.82 Å². The molecule has 0 aromatic carbocycles. The van der Waals surface area contributed by atoms with E-state index < -0.39 is 0 Å². The molecule has 2 rings (SSSR count). The summed E-state index contributed by atoms with van der Waals surface area (Å²) in [4.78, 5) is 20.7. The molecule has 21 heavy (non-hydrogen) atoms. The van der Waals surface area contributed by atoms with E-state index in [9.17, 15) is 4.79 Å². The predicted molar refractivity (Wildman–Crippen MR) is 86.0 cm³/mol. The fourth-order valence-corrected chi connectivity index (χ4v) is 3.06. The van der Waals surface area contributed by atoms with Gasteiger partial charge in [-0.05, 0) is 39.4 Å². The molecule has 1 aromatic rings. The van der Waals surface area contributed by atoms with Crippen LogP contribution in [-0.2, 0) is 0 Å². The summed E-state index contributed by atoms with van der Waals surface area (Å²) in [7, 11) is 7.75. The molecule has 1 aliphatic carbocycles. The van der Waals surface area contributed by atoms with E-state index >= 15 is 0 Å². The first-order chi connectivity index (χ1) is 9.89. The molecule has 1 aromatic heterocycles. The largest absolute Gasteiger partial charge is 0.372 e. The van der Waals surface area contributed by atoms with Gasteiger partial charge in [-0.1, -0.05) is 11.6 Å². The number of carbonyl (C=O) groups is 1. The SMILES string of the molecule is CNc1ncc(C(=O)N(C)CC2(N(C)C)CCC2)cc1Cl. The number of anilines is 1. The van der Waals surface area contributed by atoms with Crippen LogP contribution in [-0.4, -0.2) is 61.0 Å². The zero-order valence-corrected chi connectivity index (χ0v) is 13.9. The number of aromatic nitrogens is 1. The van der Waals surface area contributed by atoms with Gasteiger partial charge in [0.05, 0.1) is 10.6 Å². The molecule has 1 aliphatic rings. The molecule has 1 amide bonds. The van der Waals surface area contributed by atoms with Crippen molar-refractivity contribution in [3.05, 3.63) is 22.8 Å². The maximum absolute atomic E-state index is 12.5. The van der Waals surface area contributed by atoms with Crippen molar-refractivity contribution in [3.63, 3.8) is 0 Å². The highest BCUT2D eigenvalue weighted by Crippen LogP contribution is 2.36. The Morgan fingerprint density at radius 1 is 1.43 bits per heavy atom. The second-order valence-corrected chi connectivity index (χ2v) is 6.35. The van der Waals surface area contributed by atoms with E-state index in [0.29, 0.717) is 16.4 Å². The molecule has 116 valence electrons. The van der Waals surface area contributed by atoms with Gasteiger partial charge in [-0.15, -0.1) is 0 Å². The average Bonchev–Trinajstić information content (AvgIpc) is 2.41. The maximum atomic E-state index is 12.5. The van der Waals surface area contributed by atoms with Gasteiger partial charge in [0.1, 0.15) is 5.82 Å². The summed E-state index contributed by atoms with van der Waals surface area (Å²) in [5.74, 6) is 0.541. The Kier molecular flexibility index (Phi) is 4.74. The number of halogens is 1. The summed E-state index contributed by atoms with van der Waals surface area (Å²) in [6.45, 7) is 0.726. The highest BCUT2D eigenvalue weighted by molar-refractivity contribution is 6.33. The maximum Gasteiger partial charge on any atom is 0.255 e. The molecular weight excluding hydrogens is 288 g/mol. The normalized spacial score (nSPS) is 16.5. The molecule has 1 N–H and O–H groups in total. The molecule has 0 bridgehead atoms. The molecule has 0 atom stereocenters. The number of hydrogen-bond acceptors (Lipinski definition) is 4. The smallest absolute Gasteiger partial charge is 0.255 e. The van der Waals surface area contributed by atoms with E-state index in [1.54, 1.807) is 24.2 Å². The standard InChI is InChI=1S/C15H23ClN4O/c1-17-13-12(16)8-11(9-18-13)14(21)20(4)10-15(19(2)3)6-5-7-15/h8-9H,5-7,10H2,1-4H3,(H,17,18). The first-order valence-electron chi connectivity index (χ1n) is 7.16. The third-order valence-electron chi connectivity index (χ3n) is 4.44. The van der Waals surface area contributed by atoms with Crippen molar-refractivity contribution in [1.29, 1.82) is 0 Å². The van der Waals surface area contributed by atoms with Gasteiger partial charge in [0.15, 0.2) is 0 Å². The van der Waals surface area contributed by atoms with Gasteiger partial charge in [-0.2, -0.15) is 0 Å². The third kappa shape index (κ3) is 3.14. The van der Waals surface area contributed by atoms with Crippen molar-refractivity contribution in [1.82, 2.24) is 14.8 Å². The summed E-state index contributed by atoms with van der Waals surface area (Å²) in [5, 5.41) is 3.35. The quantitative estimate of drug-likeness (QED) is 0.907. The fourth-order valence-electron chi connectivity index (χ4n) is 2.80. The minimum absolute atomic E-state index is 0.0415. The summed E-state index contributed by atoms with van der Waals surface area (Å²) >= 11 is 6.10. The molecule has 0 radical (unpaired) electrons. The van der Waals surface area contributed by atoms with E-state index in [4.69, 9.17) is 11.6 Å². The Labute approximate surface area is 131 Å². The summed E-state index contributed by atoms with van der Waals surface area (Å²) in [6, 6.07) is 1.67. The zero-order chi connectivity index (χ0) is 15.6. The Hall–Kier alpha value is -1.33. The van der Waals surface area contributed by atoms with Gasteiger partial charge in [0.25, 0.3) is 5.91 Å². The number of hydrogen-bond donors (Lipinski definition) is 1. The number of nitrogens with one attached hydrogen (secondary N) is 1. The first-order valence-corrected chi connectivity index (χ1v) is 7.53. The van der Waals surface area contributed by atoms with Crippen LogP contribution in [0.3, 0.4) is 0 Å². The van der Waals surface area contributed by atoms with Crippen molar-refractivity contribution < 1.29 is 4.79 Å². The van der Waals surface area contributed by atoms with Crippen molar-refractivity contribution in [3.8, 4) is 0 Å². The lowest BCUT2D eigenvalue weighted by atomic mass is 9.75. The second kappa shape index (κ2) is 6.20. The van der Waals surface area contributed by atoms with Gasteiger partial charge in [0, 0.05) is 32.4 Å². The highest BCUT2D eigenvalue weighted by atomic mass is 35.5. The van der Waals surface area contributed by atoms with Crippen LogP contribution >= 0.6 is 11.6 Å². The summed E-state index contributed by atoms with van der Waals surface area (Å²) in [6.07, 6.45) is 5.06. The molecule has 6 heteroatoms. The van der Waals surface area contributed by atoms with Gasteiger partial charge < -0.3 is 15.1 Å². The van der Waals surface area contributed by atoms with Crippen LogP contribution in [0.25, 0.3) is 0 Å². The third-order valence-corrected chi connectivity index (χ3v) is 4.72. The molecule has 0 saturated heterocycles. The molecule has 1 saturated carbocycles. The van der Waals surface area contributed by atoms with Crippen LogP contribution in [0.15, 0.2) is 12.3 Å². The molecular formula is C15H23ClN4O. The van der Waals surface area contributed by atoms with Crippen molar-refractivity contribution in [2.75, 3.05) is 40.1 Å².